The third kappa shape index (κ3) is 7.23. The Kier molecular flexibility index (Phi) is 9.64. The average molecular weight is 514 g/mol. The van der Waals surface area contributed by atoms with Crippen LogP contribution in [-0.4, -0.2) is 52.7 Å². The largest absolute Gasteiger partial charge is 0.497 e. The van der Waals surface area contributed by atoms with Crippen molar-refractivity contribution in [2.75, 3.05) is 26.7 Å². The number of fused-ring (bicyclic) bond motifs is 1. The molecule has 1 aliphatic heterocycles. The lowest BCUT2D eigenvalue weighted by Gasteiger charge is -2.39. The van der Waals surface area contributed by atoms with Crippen LogP contribution in [0.4, 0.5) is 4.39 Å². The van der Waals surface area contributed by atoms with Gasteiger partial charge < -0.3 is 14.7 Å². The SMILES string of the molecule is COc1ccc2nccc(C(F)CC[C@@H]3CCN(CCCCc4nccs4)C[C@@H]3CCC(=O)O)c2c1. The quantitative estimate of drug-likeness (QED) is 0.270. The van der Waals surface area contributed by atoms with Crippen molar-refractivity contribution in [1.82, 2.24) is 14.9 Å². The molecule has 3 heterocycles. The van der Waals surface area contributed by atoms with Crippen molar-refractivity contribution in [2.24, 2.45) is 11.8 Å². The molecule has 0 radical (unpaired) electrons. The molecule has 4 rings (SSSR count). The van der Waals surface area contributed by atoms with Gasteiger partial charge in [-0.15, -0.1) is 11.3 Å². The van der Waals surface area contributed by atoms with E-state index in [2.05, 4.69) is 14.9 Å². The van der Waals surface area contributed by atoms with E-state index in [4.69, 9.17) is 4.74 Å². The van der Waals surface area contributed by atoms with Crippen LogP contribution in [-0.2, 0) is 11.2 Å². The highest BCUT2D eigenvalue weighted by Crippen LogP contribution is 2.36. The first-order chi connectivity index (χ1) is 17.5. The Labute approximate surface area is 216 Å². The van der Waals surface area contributed by atoms with Gasteiger partial charge in [-0.25, -0.2) is 9.37 Å². The van der Waals surface area contributed by atoms with Gasteiger partial charge in [0.25, 0.3) is 0 Å². The van der Waals surface area contributed by atoms with E-state index in [1.54, 1.807) is 30.7 Å². The number of carboxylic acids is 1. The van der Waals surface area contributed by atoms with Crippen LogP contribution in [0.25, 0.3) is 10.9 Å². The van der Waals surface area contributed by atoms with E-state index in [0.717, 1.165) is 62.6 Å². The fraction of sp³-hybridized carbons (Fsp3) is 0.536. The zero-order valence-electron chi connectivity index (χ0n) is 20.9. The molecule has 1 N–H and O–H groups in total. The van der Waals surface area contributed by atoms with E-state index in [0.29, 0.717) is 30.1 Å². The molecule has 1 saturated heterocycles. The van der Waals surface area contributed by atoms with E-state index in [-0.39, 0.29) is 12.3 Å². The van der Waals surface area contributed by atoms with Crippen molar-refractivity contribution in [2.45, 2.75) is 57.5 Å². The van der Waals surface area contributed by atoms with E-state index < -0.39 is 12.1 Å². The van der Waals surface area contributed by atoms with Crippen molar-refractivity contribution >= 4 is 28.2 Å². The number of thiazole rings is 1. The Morgan fingerprint density at radius 3 is 2.89 bits per heavy atom. The van der Waals surface area contributed by atoms with Crippen LogP contribution in [0.1, 0.15) is 61.7 Å². The normalized spacial score (nSPS) is 19.4. The van der Waals surface area contributed by atoms with Crippen LogP contribution < -0.4 is 4.74 Å². The van der Waals surface area contributed by atoms with Crippen LogP contribution in [0.5, 0.6) is 5.75 Å². The van der Waals surface area contributed by atoms with Crippen LogP contribution in [0.3, 0.4) is 0 Å². The maximum absolute atomic E-state index is 15.5. The first kappa shape index (κ1) is 26.5. The van der Waals surface area contributed by atoms with Crippen molar-refractivity contribution in [3.05, 3.63) is 52.6 Å². The lowest BCUT2D eigenvalue weighted by atomic mass is 9.79. The molecule has 6 nitrogen and oxygen atoms in total. The number of piperidine rings is 1. The van der Waals surface area contributed by atoms with Gasteiger partial charge in [-0.3, -0.25) is 9.78 Å². The Morgan fingerprint density at radius 2 is 2.11 bits per heavy atom. The summed E-state index contributed by atoms with van der Waals surface area (Å²) in [5.41, 5.74) is 1.41. The molecule has 194 valence electrons. The van der Waals surface area contributed by atoms with E-state index in [1.807, 2.05) is 29.8 Å². The second-order valence-electron chi connectivity index (χ2n) is 9.75. The van der Waals surface area contributed by atoms with E-state index >= 15 is 4.39 Å². The van der Waals surface area contributed by atoms with Gasteiger partial charge in [-0.05, 0) is 99.7 Å². The minimum absolute atomic E-state index is 0.174. The minimum atomic E-state index is -1.09. The maximum Gasteiger partial charge on any atom is 0.303 e. The second kappa shape index (κ2) is 13.1. The lowest BCUT2D eigenvalue weighted by Crippen LogP contribution is -2.41. The van der Waals surface area contributed by atoms with Crippen LogP contribution >= 0.6 is 11.3 Å². The molecule has 0 bridgehead atoms. The van der Waals surface area contributed by atoms with Crippen LogP contribution in [0.15, 0.2) is 42.0 Å². The topological polar surface area (TPSA) is 75.5 Å². The molecule has 3 atom stereocenters. The number of ether oxygens (including phenoxy) is 1. The van der Waals surface area contributed by atoms with Gasteiger partial charge in [0, 0.05) is 36.1 Å². The molecular weight excluding hydrogens is 477 g/mol. The summed E-state index contributed by atoms with van der Waals surface area (Å²) in [6.45, 7) is 2.93. The van der Waals surface area contributed by atoms with Crippen molar-refractivity contribution in [1.29, 1.82) is 0 Å². The molecule has 8 heteroatoms. The van der Waals surface area contributed by atoms with E-state index in [1.165, 1.54) is 5.01 Å². The van der Waals surface area contributed by atoms with Gasteiger partial charge in [-0.2, -0.15) is 0 Å². The number of unbranched alkanes of at least 4 members (excludes halogenated alkanes) is 1. The van der Waals surface area contributed by atoms with Crippen molar-refractivity contribution < 1.29 is 19.0 Å². The lowest BCUT2D eigenvalue weighted by molar-refractivity contribution is -0.137. The molecule has 0 spiro atoms. The van der Waals surface area contributed by atoms with Crippen molar-refractivity contribution in [3.63, 3.8) is 0 Å². The predicted octanol–water partition coefficient (Wildman–Crippen LogP) is 6.32. The standard InChI is InChI=1S/C28H36FN3O3S/c1-35-22-7-9-26-24(18-22)23(11-13-30-26)25(29)8-5-20-12-16-32(19-21(20)6-10-28(33)34)15-3-2-4-27-31-14-17-36-27/h7,9,11,13-14,17-18,20-21,25H,2-6,8,10,12,15-16,19H2,1H3,(H,33,34)/t20-,21+,25?/m1/s1. The van der Waals surface area contributed by atoms with Gasteiger partial charge in [0.1, 0.15) is 11.9 Å². The van der Waals surface area contributed by atoms with E-state index in [9.17, 15) is 9.90 Å². The zero-order chi connectivity index (χ0) is 25.3. The smallest absolute Gasteiger partial charge is 0.303 e. The molecule has 0 amide bonds. The number of aryl methyl sites for hydroxylation is 1. The number of hydrogen-bond acceptors (Lipinski definition) is 6. The summed E-state index contributed by atoms with van der Waals surface area (Å²) < 4.78 is 20.8. The number of alkyl halides is 1. The Morgan fingerprint density at radius 1 is 1.22 bits per heavy atom. The van der Waals surface area contributed by atoms with Gasteiger partial charge >= 0.3 is 5.97 Å². The number of aliphatic carboxylic acids is 1. The summed E-state index contributed by atoms with van der Waals surface area (Å²) in [6, 6.07) is 7.32. The average Bonchev–Trinajstić information content (AvgIpc) is 3.42. The fourth-order valence-corrected chi connectivity index (χ4v) is 6.09. The summed E-state index contributed by atoms with van der Waals surface area (Å²) in [6.07, 6.45) is 8.69. The number of nitrogens with zero attached hydrogens (tertiary/aromatic N) is 3. The Hall–Kier alpha value is -2.58. The highest BCUT2D eigenvalue weighted by atomic mass is 32.1. The first-order valence-electron chi connectivity index (χ1n) is 12.9. The molecule has 3 aromatic rings. The number of aromatic nitrogens is 2. The Balaban J connectivity index is 1.33. The number of halogens is 1. The summed E-state index contributed by atoms with van der Waals surface area (Å²) in [4.78, 5) is 22.5. The van der Waals surface area contributed by atoms with Gasteiger partial charge in [0.15, 0.2) is 0 Å². The second-order valence-corrected chi connectivity index (χ2v) is 10.7. The highest BCUT2D eigenvalue weighted by Gasteiger charge is 2.30. The monoisotopic (exact) mass is 513 g/mol. The maximum atomic E-state index is 15.5. The molecule has 2 aromatic heterocycles. The minimum Gasteiger partial charge on any atom is -0.497 e. The fourth-order valence-electron chi connectivity index (χ4n) is 5.43. The number of methoxy groups -OCH3 is 1. The van der Waals surface area contributed by atoms with Crippen molar-refractivity contribution in [3.8, 4) is 5.75 Å². The Bertz CT molecular complexity index is 1110. The van der Waals surface area contributed by atoms with Gasteiger partial charge in [-0.1, -0.05) is 0 Å². The summed E-state index contributed by atoms with van der Waals surface area (Å²) in [5, 5.41) is 13.3. The third-order valence-corrected chi connectivity index (χ3v) is 8.25. The van der Waals surface area contributed by atoms with Crippen LogP contribution in [0, 0.1) is 11.8 Å². The molecule has 0 aliphatic carbocycles. The third-order valence-electron chi connectivity index (χ3n) is 7.41. The number of pyridine rings is 1. The molecule has 1 aromatic carbocycles. The number of benzene rings is 1. The molecule has 36 heavy (non-hydrogen) atoms. The predicted molar refractivity (Wildman–Crippen MR) is 141 cm³/mol. The first-order valence-corrected chi connectivity index (χ1v) is 13.8. The molecule has 1 aliphatic rings. The number of hydrogen-bond donors (Lipinski definition) is 1. The number of carboxylic acid groups (broad SMARTS) is 1. The van der Waals surface area contributed by atoms with Gasteiger partial charge in [0.2, 0.25) is 0 Å². The zero-order valence-corrected chi connectivity index (χ0v) is 21.8. The molecule has 0 saturated carbocycles. The summed E-state index contributed by atoms with van der Waals surface area (Å²) in [5.74, 6) is 0.568. The molecule has 1 fully saturated rings. The summed E-state index contributed by atoms with van der Waals surface area (Å²) >= 11 is 1.71. The molecule has 1 unspecified atom stereocenters. The number of likely N-dealkylation sites (tertiary alicyclic amines) is 1. The number of rotatable bonds is 13. The highest BCUT2D eigenvalue weighted by molar-refractivity contribution is 7.09. The summed E-state index contributed by atoms with van der Waals surface area (Å²) in [7, 11) is 1.61. The molecular formula is C28H36FN3O3S. The van der Waals surface area contributed by atoms with Gasteiger partial charge in [0.05, 0.1) is 17.6 Å². The van der Waals surface area contributed by atoms with Crippen LogP contribution in [0.2, 0.25) is 0 Å². The number of carbonyl (C=O) groups is 1.